The summed E-state index contributed by atoms with van der Waals surface area (Å²) in [5, 5.41) is 12.3. The maximum atomic E-state index is 13.2. The second-order valence-electron chi connectivity index (χ2n) is 8.36. The number of aliphatic hydroxyl groups excluding tert-OH is 1. The number of halogens is 2. The highest BCUT2D eigenvalue weighted by Gasteiger charge is 2.45. The van der Waals surface area contributed by atoms with Crippen molar-refractivity contribution in [3.63, 3.8) is 0 Å². The summed E-state index contributed by atoms with van der Waals surface area (Å²) in [6.07, 6.45) is 0.539. The van der Waals surface area contributed by atoms with Crippen LogP contribution in [-0.4, -0.2) is 42.3 Å². The average Bonchev–Trinajstić information content (AvgIpc) is 3.08. The Morgan fingerprint density at radius 1 is 0.882 bits per heavy atom. The Kier molecular flexibility index (Phi) is 6.96. The van der Waals surface area contributed by atoms with Gasteiger partial charge in [-0.3, -0.25) is 9.59 Å². The molecule has 5 nitrogen and oxygen atoms in total. The van der Waals surface area contributed by atoms with Crippen molar-refractivity contribution in [1.82, 2.24) is 4.90 Å². The number of benzene rings is 3. The number of amides is 1. The summed E-state index contributed by atoms with van der Waals surface area (Å²) in [7, 11) is 3.88. The molecule has 174 valence electrons. The first-order chi connectivity index (χ1) is 16.3. The molecule has 0 aromatic heterocycles. The van der Waals surface area contributed by atoms with Gasteiger partial charge in [0.2, 0.25) is 0 Å². The molecule has 0 spiro atoms. The number of likely N-dealkylation sites (tertiary alicyclic amines) is 1. The summed E-state index contributed by atoms with van der Waals surface area (Å²) in [5.41, 5.74) is 3.22. The Morgan fingerprint density at radius 3 is 2.00 bits per heavy atom. The summed E-state index contributed by atoms with van der Waals surface area (Å²) in [6.45, 7) is 0.309. The van der Waals surface area contributed by atoms with E-state index in [1.807, 2.05) is 55.4 Å². The van der Waals surface area contributed by atoms with Crippen LogP contribution in [-0.2, 0) is 16.0 Å². The standard InChI is InChI=1S/C27H24Cl2N2O3/c1-30(2)22-13-7-18(8-14-22)24-23(25(32)19-5-11-21(29)12-6-19)26(33)27(34)31(24)16-15-17-3-9-20(28)10-4-17/h3-14,24,32H,15-16H2,1-2H3/b25-23-. The van der Waals surface area contributed by atoms with E-state index in [1.165, 1.54) is 4.90 Å². The number of hydrogen-bond donors (Lipinski definition) is 1. The molecule has 3 aromatic rings. The van der Waals surface area contributed by atoms with Crippen LogP contribution >= 0.6 is 23.2 Å². The van der Waals surface area contributed by atoms with Gasteiger partial charge in [-0.2, -0.15) is 0 Å². The summed E-state index contributed by atoms with van der Waals surface area (Å²) in [5.74, 6) is -1.55. The van der Waals surface area contributed by atoms with Crippen molar-refractivity contribution in [3.05, 3.63) is 105 Å². The Labute approximate surface area is 208 Å². The van der Waals surface area contributed by atoms with E-state index in [0.29, 0.717) is 28.6 Å². The molecule has 0 saturated carbocycles. The molecule has 1 N–H and O–H groups in total. The SMILES string of the molecule is CN(C)c1ccc(C2/C(=C(/O)c3ccc(Cl)cc3)C(=O)C(=O)N2CCc2ccc(Cl)cc2)cc1. The van der Waals surface area contributed by atoms with Crippen LogP contribution in [0.25, 0.3) is 5.76 Å². The van der Waals surface area contributed by atoms with Gasteiger partial charge in [-0.15, -0.1) is 0 Å². The number of anilines is 1. The molecule has 1 heterocycles. The zero-order valence-electron chi connectivity index (χ0n) is 18.8. The number of rotatable bonds is 6. The minimum Gasteiger partial charge on any atom is -0.507 e. The van der Waals surface area contributed by atoms with E-state index in [1.54, 1.807) is 36.4 Å². The highest BCUT2D eigenvalue weighted by atomic mass is 35.5. The number of carbonyl (C=O) groups excluding carboxylic acids is 2. The lowest BCUT2D eigenvalue weighted by molar-refractivity contribution is -0.139. The fraction of sp³-hybridized carbons (Fsp3) is 0.185. The number of ketones is 1. The quantitative estimate of drug-likeness (QED) is 0.270. The Hall–Kier alpha value is -3.28. The molecule has 34 heavy (non-hydrogen) atoms. The van der Waals surface area contributed by atoms with Gasteiger partial charge < -0.3 is 14.9 Å². The fourth-order valence-electron chi connectivity index (χ4n) is 4.08. The first-order valence-electron chi connectivity index (χ1n) is 10.8. The highest BCUT2D eigenvalue weighted by molar-refractivity contribution is 6.46. The molecule has 1 amide bonds. The van der Waals surface area contributed by atoms with Gasteiger partial charge in [0, 0.05) is 41.9 Å². The minimum absolute atomic E-state index is 0.0704. The summed E-state index contributed by atoms with van der Waals surface area (Å²) >= 11 is 12.0. The van der Waals surface area contributed by atoms with Gasteiger partial charge >= 0.3 is 0 Å². The van der Waals surface area contributed by atoms with Crippen LogP contribution in [0.3, 0.4) is 0 Å². The molecule has 0 aliphatic carbocycles. The molecule has 0 bridgehead atoms. The van der Waals surface area contributed by atoms with Crippen LogP contribution in [0.2, 0.25) is 10.0 Å². The first-order valence-corrected chi connectivity index (χ1v) is 11.6. The lowest BCUT2D eigenvalue weighted by atomic mass is 9.95. The second kappa shape index (κ2) is 9.92. The van der Waals surface area contributed by atoms with Gasteiger partial charge in [0.25, 0.3) is 11.7 Å². The van der Waals surface area contributed by atoms with Crippen molar-refractivity contribution in [3.8, 4) is 0 Å². The van der Waals surface area contributed by atoms with E-state index in [-0.39, 0.29) is 11.3 Å². The number of hydrogen-bond acceptors (Lipinski definition) is 4. The van der Waals surface area contributed by atoms with E-state index >= 15 is 0 Å². The smallest absolute Gasteiger partial charge is 0.295 e. The molecule has 0 radical (unpaired) electrons. The van der Waals surface area contributed by atoms with Crippen LogP contribution in [0.1, 0.15) is 22.7 Å². The van der Waals surface area contributed by atoms with Crippen LogP contribution < -0.4 is 4.90 Å². The van der Waals surface area contributed by atoms with E-state index in [4.69, 9.17) is 23.2 Å². The molecule has 1 aliphatic heterocycles. The monoisotopic (exact) mass is 494 g/mol. The van der Waals surface area contributed by atoms with Gasteiger partial charge in [-0.25, -0.2) is 0 Å². The Bertz CT molecular complexity index is 1230. The average molecular weight is 495 g/mol. The van der Waals surface area contributed by atoms with E-state index in [9.17, 15) is 14.7 Å². The normalized spacial score (nSPS) is 17.3. The predicted molar refractivity (Wildman–Crippen MR) is 136 cm³/mol. The fourth-order valence-corrected chi connectivity index (χ4v) is 4.33. The third-order valence-electron chi connectivity index (χ3n) is 5.94. The Balaban J connectivity index is 1.76. The maximum absolute atomic E-state index is 13.2. The molecule has 3 aromatic carbocycles. The minimum atomic E-state index is -0.709. The number of nitrogens with zero attached hydrogens (tertiary/aromatic N) is 2. The molecular formula is C27H24Cl2N2O3. The van der Waals surface area contributed by atoms with Crippen molar-refractivity contribution in [2.45, 2.75) is 12.5 Å². The van der Waals surface area contributed by atoms with Gasteiger partial charge in [-0.1, -0.05) is 47.5 Å². The predicted octanol–water partition coefficient (Wildman–Crippen LogP) is 5.72. The molecule has 1 fully saturated rings. The van der Waals surface area contributed by atoms with Crippen molar-refractivity contribution in [2.24, 2.45) is 0 Å². The third kappa shape index (κ3) is 4.81. The molecule has 1 atom stereocenters. The zero-order chi connectivity index (χ0) is 24.4. The topological polar surface area (TPSA) is 60.9 Å². The van der Waals surface area contributed by atoms with Crippen LogP contribution in [0.4, 0.5) is 5.69 Å². The van der Waals surface area contributed by atoms with Gasteiger partial charge in [0.15, 0.2) is 0 Å². The van der Waals surface area contributed by atoms with Crippen molar-refractivity contribution < 1.29 is 14.7 Å². The van der Waals surface area contributed by atoms with E-state index < -0.39 is 17.7 Å². The number of carbonyl (C=O) groups is 2. The third-order valence-corrected chi connectivity index (χ3v) is 6.44. The van der Waals surface area contributed by atoms with E-state index in [0.717, 1.165) is 16.8 Å². The van der Waals surface area contributed by atoms with Crippen molar-refractivity contribution in [1.29, 1.82) is 0 Å². The van der Waals surface area contributed by atoms with Crippen LogP contribution in [0, 0.1) is 0 Å². The highest BCUT2D eigenvalue weighted by Crippen LogP contribution is 2.40. The van der Waals surface area contributed by atoms with Crippen LogP contribution in [0.5, 0.6) is 0 Å². The second-order valence-corrected chi connectivity index (χ2v) is 9.23. The van der Waals surface area contributed by atoms with Gasteiger partial charge in [-0.05, 0) is 66.1 Å². The van der Waals surface area contributed by atoms with Crippen LogP contribution in [0.15, 0.2) is 78.4 Å². The number of Topliss-reactive ketones (excluding diaryl/α,β-unsaturated/α-hetero) is 1. The molecule has 1 saturated heterocycles. The summed E-state index contributed by atoms with van der Waals surface area (Å²) in [4.78, 5) is 29.8. The van der Waals surface area contributed by atoms with Crippen molar-refractivity contribution >= 4 is 46.3 Å². The molecule has 7 heteroatoms. The molecule has 4 rings (SSSR count). The largest absolute Gasteiger partial charge is 0.507 e. The van der Waals surface area contributed by atoms with Gasteiger partial charge in [0.05, 0.1) is 11.6 Å². The molecular weight excluding hydrogens is 471 g/mol. The van der Waals surface area contributed by atoms with Gasteiger partial charge in [0.1, 0.15) is 5.76 Å². The lowest BCUT2D eigenvalue weighted by Gasteiger charge is -2.26. The lowest BCUT2D eigenvalue weighted by Crippen LogP contribution is -2.31. The number of aliphatic hydroxyl groups is 1. The first kappa shape index (κ1) is 23.9. The summed E-state index contributed by atoms with van der Waals surface area (Å²) in [6, 6.07) is 20.8. The van der Waals surface area contributed by atoms with E-state index in [2.05, 4.69) is 0 Å². The van der Waals surface area contributed by atoms with Crippen molar-refractivity contribution in [2.75, 3.05) is 25.5 Å². The zero-order valence-corrected chi connectivity index (χ0v) is 20.3. The Morgan fingerprint density at radius 2 is 1.44 bits per heavy atom. The maximum Gasteiger partial charge on any atom is 0.295 e. The molecule has 1 aliphatic rings. The summed E-state index contributed by atoms with van der Waals surface area (Å²) < 4.78 is 0. The molecule has 1 unspecified atom stereocenters.